The Morgan fingerprint density at radius 2 is 2.18 bits per heavy atom. The third-order valence-electron chi connectivity index (χ3n) is 2.62. The molecular formula is C14H18O2Se. The molecule has 17 heavy (non-hydrogen) atoms. The first-order valence-electron chi connectivity index (χ1n) is 5.99. The zero-order valence-corrected chi connectivity index (χ0v) is 12.0. The monoisotopic (exact) mass is 298 g/mol. The van der Waals surface area contributed by atoms with Crippen LogP contribution in [0, 0.1) is 0 Å². The van der Waals surface area contributed by atoms with Crippen LogP contribution in [-0.2, 0) is 9.47 Å². The normalized spacial score (nSPS) is 26.1. The van der Waals surface area contributed by atoms with Crippen LogP contribution in [0.1, 0.15) is 20.3 Å². The van der Waals surface area contributed by atoms with Crippen molar-refractivity contribution in [3.8, 4) is 0 Å². The van der Waals surface area contributed by atoms with Gasteiger partial charge in [0.05, 0.1) is 0 Å². The second-order valence-electron chi connectivity index (χ2n) is 4.06. The van der Waals surface area contributed by atoms with Crippen LogP contribution < -0.4 is 4.46 Å². The average molecular weight is 297 g/mol. The van der Waals surface area contributed by atoms with Gasteiger partial charge in [-0.3, -0.25) is 0 Å². The van der Waals surface area contributed by atoms with Crippen molar-refractivity contribution in [3.63, 3.8) is 0 Å². The Balaban J connectivity index is 2.00. The van der Waals surface area contributed by atoms with Crippen molar-refractivity contribution >= 4 is 19.4 Å². The molecule has 2 rings (SSSR count). The fourth-order valence-electron chi connectivity index (χ4n) is 1.85. The van der Waals surface area contributed by atoms with Gasteiger partial charge in [-0.25, -0.2) is 0 Å². The summed E-state index contributed by atoms with van der Waals surface area (Å²) in [6.45, 7) is 4.88. The molecule has 0 saturated carbocycles. The molecule has 92 valence electrons. The van der Waals surface area contributed by atoms with Gasteiger partial charge in [-0.15, -0.1) is 0 Å². The van der Waals surface area contributed by atoms with Crippen molar-refractivity contribution in [1.29, 1.82) is 0 Å². The van der Waals surface area contributed by atoms with E-state index in [1.54, 1.807) is 0 Å². The van der Waals surface area contributed by atoms with Gasteiger partial charge in [0.25, 0.3) is 0 Å². The van der Waals surface area contributed by atoms with E-state index >= 15 is 0 Å². The summed E-state index contributed by atoms with van der Waals surface area (Å²) in [6, 6.07) is 10.5. The van der Waals surface area contributed by atoms with Gasteiger partial charge in [0.1, 0.15) is 0 Å². The van der Waals surface area contributed by atoms with Crippen LogP contribution >= 0.6 is 0 Å². The van der Waals surface area contributed by atoms with Crippen molar-refractivity contribution in [1.82, 2.24) is 0 Å². The molecule has 2 nitrogen and oxygen atoms in total. The van der Waals surface area contributed by atoms with Crippen molar-refractivity contribution in [2.24, 2.45) is 0 Å². The molecule has 1 aliphatic rings. The Hall–Kier alpha value is -0.761. The van der Waals surface area contributed by atoms with Crippen LogP contribution in [0.4, 0.5) is 0 Å². The van der Waals surface area contributed by atoms with Crippen molar-refractivity contribution in [3.05, 3.63) is 41.1 Å². The molecule has 0 aliphatic carbocycles. The Bertz CT molecular complexity index is 375. The summed E-state index contributed by atoms with van der Waals surface area (Å²) >= 11 is 0.329. The Morgan fingerprint density at radius 1 is 1.41 bits per heavy atom. The standard InChI is InChI=1S/C14H18O2Se/c1-3-15-13-9-11(2)16-14(13)10-17-12-7-5-4-6-8-12/h4-8,10-11,13H,3,9H2,1-2H3/b14-10-/t11-,13-/m0/s1. The third kappa shape index (κ3) is 3.60. The van der Waals surface area contributed by atoms with Crippen LogP contribution in [-0.4, -0.2) is 33.8 Å². The summed E-state index contributed by atoms with van der Waals surface area (Å²) in [4.78, 5) is 2.21. The second kappa shape index (κ2) is 6.25. The molecule has 2 atom stereocenters. The first kappa shape index (κ1) is 12.7. The molecule has 0 spiro atoms. The molecule has 1 aliphatic heterocycles. The Labute approximate surface area is 109 Å². The number of ether oxygens (including phenoxy) is 2. The Kier molecular flexibility index (Phi) is 4.66. The first-order chi connectivity index (χ1) is 8.29. The van der Waals surface area contributed by atoms with Crippen LogP contribution in [0.25, 0.3) is 0 Å². The molecule has 0 N–H and O–H groups in total. The molecule has 1 heterocycles. The van der Waals surface area contributed by atoms with Gasteiger partial charge < -0.3 is 0 Å². The van der Waals surface area contributed by atoms with Gasteiger partial charge in [0.15, 0.2) is 0 Å². The minimum absolute atomic E-state index is 0.167. The number of benzene rings is 1. The van der Waals surface area contributed by atoms with E-state index in [4.69, 9.17) is 9.47 Å². The third-order valence-corrected chi connectivity index (χ3v) is 4.50. The van der Waals surface area contributed by atoms with Crippen molar-refractivity contribution in [2.45, 2.75) is 32.5 Å². The van der Waals surface area contributed by atoms with E-state index in [2.05, 4.69) is 36.2 Å². The molecule has 0 unspecified atom stereocenters. The number of rotatable bonds is 4. The van der Waals surface area contributed by atoms with Gasteiger partial charge in [-0.05, 0) is 0 Å². The molecular weight excluding hydrogens is 279 g/mol. The summed E-state index contributed by atoms with van der Waals surface area (Å²) in [5.41, 5.74) is 0. The summed E-state index contributed by atoms with van der Waals surface area (Å²) < 4.78 is 12.9. The van der Waals surface area contributed by atoms with Crippen molar-refractivity contribution in [2.75, 3.05) is 6.61 Å². The SMILES string of the molecule is CCO[C@H]1C[C@H](C)O/C1=C\[Se]c1ccccc1. The quantitative estimate of drug-likeness (QED) is 0.792. The number of hydrogen-bond donors (Lipinski definition) is 0. The maximum absolute atomic E-state index is 5.80. The Morgan fingerprint density at radius 3 is 2.88 bits per heavy atom. The molecule has 1 aromatic carbocycles. The topological polar surface area (TPSA) is 18.5 Å². The zero-order chi connectivity index (χ0) is 12.1. The summed E-state index contributed by atoms with van der Waals surface area (Å²) in [6.07, 6.45) is 1.43. The molecule has 0 bridgehead atoms. The average Bonchev–Trinajstić information content (AvgIpc) is 2.69. The predicted octanol–water partition coefficient (Wildman–Crippen LogP) is 2.07. The molecule has 1 saturated heterocycles. The van der Waals surface area contributed by atoms with E-state index in [1.807, 2.05) is 13.0 Å². The predicted molar refractivity (Wildman–Crippen MR) is 70.5 cm³/mol. The fourth-order valence-corrected chi connectivity index (χ4v) is 3.48. The van der Waals surface area contributed by atoms with E-state index in [0.29, 0.717) is 15.0 Å². The maximum atomic E-state index is 5.80. The van der Waals surface area contributed by atoms with E-state index in [9.17, 15) is 0 Å². The van der Waals surface area contributed by atoms with Gasteiger partial charge in [0, 0.05) is 0 Å². The van der Waals surface area contributed by atoms with Gasteiger partial charge in [-0.2, -0.15) is 0 Å². The van der Waals surface area contributed by atoms with E-state index < -0.39 is 0 Å². The van der Waals surface area contributed by atoms with Gasteiger partial charge in [0.2, 0.25) is 0 Å². The van der Waals surface area contributed by atoms with E-state index in [0.717, 1.165) is 18.8 Å². The molecule has 1 aromatic rings. The zero-order valence-electron chi connectivity index (χ0n) is 10.3. The minimum atomic E-state index is 0.167. The van der Waals surface area contributed by atoms with Gasteiger partial charge in [-0.1, -0.05) is 0 Å². The van der Waals surface area contributed by atoms with Crippen LogP contribution in [0.3, 0.4) is 0 Å². The van der Waals surface area contributed by atoms with Crippen LogP contribution in [0.15, 0.2) is 41.1 Å². The molecule has 0 aromatic heterocycles. The number of hydrogen-bond acceptors (Lipinski definition) is 2. The molecule has 3 heteroatoms. The summed E-state index contributed by atoms with van der Waals surface area (Å²) in [7, 11) is 0. The van der Waals surface area contributed by atoms with Crippen LogP contribution in [0.2, 0.25) is 0 Å². The first-order valence-corrected chi connectivity index (χ1v) is 7.84. The molecule has 0 amide bonds. The van der Waals surface area contributed by atoms with Crippen molar-refractivity contribution < 1.29 is 9.47 Å². The summed E-state index contributed by atoms with van der Waals surface area (Å²) in [5, 5.41) is 0. The van der Waals surface area contributed by atoms with Gasteiger partial charge >= 0.3 is 109 Å². The second-order valence-corrected chi connectivity index (χ2v) is 6.04. The fraction of sp³-hybridized carbons (Fsp3) is 0.429. The van der Waals surface area contributed by atoms with Crippen LogP contribution in [0.5, 0.6) is 0 Å². The van der Waals surface area contributed by atoms with E-state index in [-0.39, 0.29) is 12.2 Å². The van der Waals surface area contributed by atoms with E-state index in [1.165, 1.54) is 4.46 Å². The molecule has 0 radical (unpaired) electrons. The summed E-state index contributed by atoms with van der Waals surface area (Å²) in [5.74, 6) is 1.03. The molecule has 1 fully saturated rings.